The molecule has 0 radical (unpaired) electrons. The molecule has 1 aliphatic carbocycles. The summed E-state index contributed by atoms with van der Waals surface area (Å²) in [5.41, 5.74) is 0. The maximum atomic E-state index is 4.31. The Kier molecular flexibility index (Phi) is 4.37. The third-order valence-corrected chi connectivity index (χ3v) is 4.21. The van der Waals surface area contributed by atoms with Gasteiger partial charge in [-0.15, -0.1) is 0 Å². The van der Waals surface area contributed by atoms with Gasteiger partial charge in [0.2, 0.25) is 0 Å². The zero-order valence-electron chi connectivity index (χ0n) is 9.62. The number of rotatable bonds is 3. The van der Waals surface area contributed by atoms with E-state index in [0.717, 1.165) is 15.3 Å². The van der Waals surface area contributed by atoms with Crippen molar-refractivity contribution in [3.8, 4) is 0 Å². The molecular formula is C12H18IN3. The average Bonchev–Trinajstić information content (AvgIpc) is 2.33. The molecule has 0 spiro atoms. The van der Waals surface area contributed by atoms with Crippen molar-refractivity contribution in [1.82, 2.24) is 9.97 Å². The summed E-state index contributed by atoms with van der Waals surface area (Å²) in [7, 11) is 0. The van der Waals surface area contributed by atoms with E-state index in [-0.39, 0.29) is 0 Å². The molecule has 0 saturated heterocycles. The number of nitrogens with one attached hydrogen (secondary N) is 1. The number of hydrogen-bond acceptors (Lipinski definition) is 3. The largest absolute Gasteiger partial charge is 0.366 e. The van der Waals surface area contributed by atoms with E-state index in [2.05, 4.69) is 44.8 Å². The standard InChI is InChI=1S/C12H18IN3/c1-2-9-5-3-4-6-11(9)16-12-10(13)7-14-8-15-12/h7-9,11H,2-6H2,1H3,(H,14,15,16). The summed E-state index contributed by atoms with van der Waals surface area (Å²) in [5.74, 6) is 1.81. The summed E-state index contributed by atoms with van der Waals surface area (Å²) < 4.78 is 1.11. The van der Waals surface area contributed by atoms with E-state index in [4.69, 9.17) is 0 Å². The van der Waals surface area contributed by atoms with E-state index in [1.54, 1.807) is 6.33 Å². The van der Waals surface area contributed by atoms with E-state index in [9.17, 15) is 0 Å². The Morgan fingerprint density at radius 2 is 2.25 bits per heavy atom. The lowest BCUT2D eigenvalue weighted by Crippen LogP contribution is -2.32. The van der Waals surface area contributed by atoms with Crippen LogP contribution >= 0.6 is 22.6 Å². The van der Waals surface area contributed by atoms with E-state index >= 15 is 0 Å². The van der Waals surface area contributed by atoms with Gasteiger partial charge < -0.3 is 5.32 Å². The summed E-state index contributed by atoms with van der Waals surface area (Å²) in [4.78, 5) is 8.33. The molecule has 1 N–H and O–H groups in total. The molecule has 88 valence electrons. The maximum Gasteiger partial charge on any atom is 0.143 e. The first-order valence-corrected chi connectivity index (χ1v) is 7.11. The van der Waals surface area contributed by atoms with Crippen molar-refractivity contribution < 1.29 is 0 Å². The summed E-state index contributed by atoms with van der Waals surface area (Å²) in [6.45, 7) is 2.29. The third-order valence-electron chi connectivity index (χ3n) is 3.42. The zero-order valence-corrected chi connectivity index (χ0v) is 11.8. The number of anilines is 1. The predicted octanol–water partition coefficient (Wildman–Crippen LogP) is 3.46. The van der Waals surface area contributed by atoms with Gasteiger partial charge in [-0.2, -0.15) is 0 Å². The Morgan fingerprint density at radius 1 is 1.44 bits per heavy atom. The lowest BCUT2D eigenvalue weighted by Gasteiger charge is -2.32. The van der Waals surface area contributed by atoms with Crippen LogP contribution in [-0.2, 0) is 0 Å². The molecule has 16 heavy (non-hydrogen) atoms. The molecule has 2 atom stereocenters. The normalized spacial score (nSPS) is 25.4. The molecule has 0 aliphatic heterocycles. The second-order valence-electron chi connectivity index (χ2n) is 4.42. The van der Waals surface area contributed by atoms with Gasteiger partial charge in [-0.3, -0.25) is 0 Å². The smallest absolute Gasteiger partial charge is 0.143 e. The highest BCUT2D eigenvalue weighted by Crippen LogP contribution is 2.29. The lowest BCUT2D eigenvalue weighted by molar-refractivity contribution is 0.316. The first kappa shape index (κ1) is 12.1. The fraction of sp³-hybridized carbons (Fsp3) is 0.667. The van der Waals surface area contributed by atoms with Crippen LogP contribution < -0.4 is 5.32 Å². The molecule has 1 fully saturated rings. The van der Waals surface area contributed by atoms with Gasteiger partial charge in [0.05, 0.1) is 3.57 Å². The van der Waals surface area contributed by atoms with E-state index < -0.39 is 0 Å². The molecular weight excluding hydrogens is 313 g/mol. The Labute approximate surface area is 111 Å². The Morgan fingerprint density at radius 3 is 3.00 bits per heavy atom. The van der Waals surface area contributed by atoms with Gasteiger partial charge in [-0.05, 0) is 41.4 Å². The van der Waals surface area contributed by atoms with Gasteiger partial charge in [0, 0.05) is 12.2 Å². The van der Waals surface area contributed by atoms with Crippen molar-refractivity contribution in [3.63, 3.8) is 0 Å². The predicted molar refractivity (Wildman–Crippen MR) is 74.4 cm³/mol. The lowest BCUT2D eigenvalue weighted by atomic mass is 9.83. The zero-order chi connectivity index (χ0) is 11.4. The molecule has 0 aromatic carbocycles. The molecule has 1 aromatic heterocycles. The van der Waals surface area contributed by atoms with Crippen molar-refractivity contribution in [2.75, 3.05) is 5.32 Å². The minimum atomic E-state index is 0.599. The highest BCUT2D eigenvalue weighted by atomic mass is 127. The second-order valence-corrected chi connectivity index (χ2v) is 5.59. The Balaban J connectivity index is 2.05. The van der Waals surface area contributed by atoms with E-state index in [1.165, 1.54) is 32.1 Å². The average molecular weight is 331 g/mol. The van der Waals surface area contributed by atoms with Gasteiger partial charge in [-0.1, -0.05) is 26.2 Å². The SMILES string of the molecule is CCC1CCCCC1Nc1ncncc1I. The fourth-order valence-electron chi connectivity index (χ4n) is 2.48. The van der Waals surface area contributed by atoms with Crippen molar-refractivity contribution in [2.24, 2.45) is 5.92 Å². The minimum absolute atomic E-state index is 0.599. The van der Waals surface area contributed by atoms with Crippen LogP contribution in [0.2, 0.25) is 0 Å². The van der Waals surface area contributed by atoms with Crippen LogP contribution in [0.4, 0.5) is 5.82 Å². The minimum Gasteiger partial charge on any atom is -0.366 e. The van der Waals surface area contributed by atoms with Crippen LogP contribution in [0.3, 0.4) is 0 Å². The molecule has 3 nitrogen and oxygen atoms in total. The van der Waals surface area contributed by atoms with Crippen LogP contribution in [-0.4, -0.2) is 16.0 Å². The van der Waals surface area contributed by atoms with E-state index in [1.807, 2.05) is 6.20 Å². The first-order chi connectivity index (χ1) is 7.81. The van der Waals surface area contributed by atoms with Gasteiger partial charge in [0.25, 0.3) is 0 Å². The van der Waals surface area contributed by atoms with Gasteiger partial charge in [0.15, 0.2) is 0 Å². The van der Waals surface area contributed by atoms with Gasteiger partial charge >= 0.3 is 0 Å². The van der Waals surface area contributed by atoms with Crippen LogP contribution in [0.1, 0.15) is 39.0 Å². The van der Waals surface area contributed by atoms with Gasteiger partial charge in [0.1, 0.15) is 12.1 Å². The van der Waals surface area contributed by atoms with Crippen molar-refractivity contribution in [2.45, 2.75) is 45.1 Å². The number of aromatic nitrogens is 2. The van der Waals surface area contributed by atoms with E-state index in [0.29, 0.717) is 6.04 Å². The molecule has 1 saturated carbocycles. The number of hydrogen-bond donors (Lipinski definition) is 1. The topological polar surface area (TPSA) is 37.8 Å². The van der Waals surface area contributed by atoms with Crippen molar-refractivity contribution in [1.29, 1.82) is 0 Å². The number of halogens is 1. The summed E-state index contributed by atoms with van der Waals surface area (Å²) in [6, 6.07) is 0.599. The second kappa shape index (κ2) is 5.80. The molecule has 4 heteroatoms. The maximum absolute atomic E-state index is 4.31. The quantitative estimate of drug-likeness (QED) is 0.862. The third kappa shape index (κ3) is 2.84. The van der Waals surface area contributed by atoms with Crippen LogP contribution in [0, 0.1) is 9.49 Å². The molecule has 1 heterocycles. The molecule has 0 bridgehead atoms. The summed E-state index contributed by atoms with van der Waals surface area (Å²) in [6.07, 6.45) is 10.1. The molecule has 1 aliphatic rings. The molecule has 0 amide bonds. The Bertz CT molecular complexity index is 343. The Hall–Kier alpha value is -0.390. The van der Waals surface area contributed by atoms with Crippen LogP contribution in [0.15, 0.2) is 12.5 Å². The molecule has 2 unspecified atom stereocenters. The highest BCUT2D eigenvalue weighted by molar-refractivity contribution is 14.1. The molecule has 2 rings (SSSR count). The summed E-state index contributed by atoms with van der Waals surface area (Å²) >= 11 is 2.29. The first-order valence-electron chi connectivity index (χ1n) is 6.03. The van der Waals surface area contributed by atoms with Gasteiger partial charge in [-0.25, -0.2) is 9.97 Å². The van der Waals surface area contributed by atoms with Crippen molar-refractivity contribution in [3.05, 3.63) is 16.1 Å². The summed E-state index contributed by atoms with van der Waals surface area (Å²) in [5, 5.41) is 3.59. The molecule has 1 aromatic rings. The fourth-order valence-corrected chi connectivity index (χ4v) is 2.94. The van der Waals surface area contributed by atoms with Crippen LogP contribution in [0.25, 0.3) is 0 Å². The monoisotopic (exact) mass is 331 g/mol. The van der Waals surface area contributed by atoms with Crippen LogP contribution in [0.5, 0.6) is 0 Å². The van der Waals surface area contributed by atoms with Crippen molar-refractivity contribution >= 4 is 28.4 Å². The highest BCUT2D eigenvalue weighted by Gasteiger charge is 2.24. The number of nitrogens with zero attached hydrogens (tertiary/aromatic N) is 2.